The van der Waals surface area contributed by atoms with Crippen molar-refractivity contribution in [3.63, 3.8) is 0 Å². The molecule has 3 aromatic rings. The van der Waals surface area contributed by atoms with Crippen LogP contribution in [0.25, 0.3) is 0 Å². The summed E-state index contributed by atoms with van der Waals surface area (Å²) in [6, 6.07) is 17.9. The number of anilines is 1. The van der Waals surface area contributed by atoms with Gasteiger partial charge < -0.3 is 10.6 Å². The number of carbonyl (C=O) groups is 1. The van der Waals surface area contributed by atoms with Crippen molar-refractivity contribution in [2.75, 3.05) is 11.4 Å². The van der Waals surface area contributed by atoms with Gasteiger partial charge >= 0.3 is 0 Å². The van der Waals surface area contributed by atoms with E-state index in [0.29, 0.717) is 18.5 Å². The lowest BCUT2D eigenvalue weighted by atomic mass is 10.0. The molecule has 150 valence electrons. The minimum Gasteiger partial charge on any atom is -0.316 e. The Morgan fingerprint density at radius 1 is 0.931 bits per heavy atom. The Balaban J connectivity index is 1.89. The largest absolute Gasteiger partial charge is 0.316 e. The highest BCUT2D eigenvalue weighted by molar-refractivity contribution is 5.97. The van der Waals surface area contributed by atoms with Gasteiger partial charge in [0.05, 0.1) is 0 Å². The van der Waals surface area contributed by atoms with E-state index in [4.69, 9.17) is 5.73 Å². The molecule has 2 N–H and O–H groups in total. The second-order valence-corrected chi connectivity index (χ2v) is 7.15. The molecule has 0 radical (unpaired) electrons. The lowest BCUT2D eigenvalue weighted by Gasteiger charge is -2.27. The molecule has 0 bridgehead atoms. The fourth-order valence-electron chi connectivity index (χ4n) is 3.17. The maximum atomic E-state index is 13.6. The molecule has 0 heterocycles. The molecule has 3 nitrogen and oxygen atoms in total. The molecule has 3 aromatic carbocycles. The number of hydrogen-bond acceptors (Lipinski definition) is 2. The zero-order chi connectivity index (χ0) is 21.0. The molecule has 0 saturated carbocycles. The maximum Gasteiger partial charge on any atom is 0.248 e. The van der Waals surface area contributed by atoms with Crippen molar-refractivity contribution in [3.05, 3.63) is 101 Å². The minimum atomic E-state index is -0.896. The lowest BCUT2D eigenvalue weighted by Crippen LogP contribution is -2.40. The van der Waals surface area contributed by atoms with Crippen molar-refractivity contribution in [2.45, 2.75) is 26.3 Å². The molecule has 0 aromatic heterocycles. The number of hydrogen-bond donors (Lipinski definition) is 1. The standard InChI is InChI=1S/C24H24F2N2O/c1-16-8-10-20(14-17(16)2)28(13-12-18-9-11-21(25)22(26)15-18)24(29)23(27)19-6-4-3-5-7-19/h3-11,14-15,23H,12-13,27H2,1-2H3. The third-order valence-corrected chi connectivity index (χ3v) is 5.10. The molecule has 0 fully saturated rings. The van der Waals surface area contributed by atoms with Crippen LogP contribution in [-0.4, -0.2) is 12.5 Å². The molecular weight excluding hydrogens is 370 g/mol. The third-order valence-electron chi connectivity index (χ3n) is 5.10. The fourth-order valence-corrected chi connectivity index (χ4v) is 3.17. The van der Waals surface area contributed by atoms with Crippen molar-refractivity contribution in [3.8, 4) is 0 Å². The molecule has 0 saturated heterocycles. The number of nitrogens with zero attached hydrogens (tertiary/aromatic N) is 1. The number of amides is 1. The Morgan fingerprint density at radius 2 is 1.66 bits per heavy atom. The summed E-state index contributed by atoms with van der Waals surface area (Å²) in [6.45, 7) is 4.28. The average molecular weight is 394 g/mol. The van der Waals surface area contributed by atoms with Crippen LogP contribution >= 0.6 is 0 Å². The first-order chi connectivity index (χ1) is 13.9. The number of halogens is 2. The molecule has 1 atom stereocenters. The molecule has 0 spiro atoms. The van der Waals surface area contributed by atoms with E-state index in [1.54, 1.807) is 4.90 Å². The summed E-state index contributed by atoms with van der Waals surface area (Å²) < 4.78 is 26.8. The summed E-state index contributed by atoms with van der Waals surface area (Å²) in [4.78, 5) is 14.9. The number of benzene rings is 3. The Morgan fingerprint density at radius 3 is 2.31 bits per heavy atom. The number of rotatable bonds is 6. The van der Waals surface area contributed by atoms with E-state index in [0.717, 1.165) is 34.5 Å². The molecule has 29 heavy (non-hydrogen) atoms. The lowest BCUT2D eigenvalue weighted by molar-refractivity contribution is -0.120. The van der Waals surface area contributed by atoms with Crippen LogP contribution in [0.3, 0.4) is 0 Å². The van der Waals surface area contributed by atoms with Gasteiger partial charge in [0.25, 0.3) is 0 Å². The highest BCUT2D eigenvalue weighted by Crippen LogP contribution is 2.23. The van der Waals surface area contributed by atoms with Gasteiger partial charge in [-0.05, 0) is 66.8 Å². The van der Waals surface area contributed by atoms with Gasteiger partial charge in [0.2, 0.25) is 5.91 Å². The first kappa shape index (κ1) is 20.7. The molecular formula is C24H24F2N2O. The van der Waals surface area contributed by atoms with Crippen LogP contribution in [0.2, 0.25) is 0 Å². The summed E-state index contributed by atoms with van der Waals surface area (Å²) in [6.07, 6.45) is 0.372. The maximum absolute atomic E-state index is 13.6. The smallest absolute Gasteiger partial charge is 0.248 e. The monoisotopic (exact) mass is 394 g/mol. The van der Waals surface area contributed by atoms with Gasteiger partial charge in [-0.1, -0.05) is 42.5 Å². The van der Waals surface area contributed by atoms with Gasteiger partial charge in [-0.2, -0.15) is 0 Å². The molecule has 1 unspecified atom stereocenters. The van der Waals surface area contributed by atoms with Gasteiger partial charge in [0.1, 0.15) is 6.04 Å². The van der Waals surface area contributed by atoms with Crippen LogP contribution in [0.15, 0.2) is 66.7 Å². The van der Waals surface area contributed by atoms with Crippen LogP contribution < -0.4 is 10.6 Å². The first-order valence-electron chi connectivity index (χ1n) is 9.50. The van der Waals surface area contributed by atoms with Gasteiger partial charge in [-0.15, -0.1) is 0 Å². The van der Waals surface area contributed by atoms with Gasteiger partial charge in [-0.3, -0.25) is 4.79 Å². The second kappa shape index (κ2) is 8.97. The van der Waals surface area contributed by atoms with E-state index in [-0.39, 0.29) is 5.91 Å². The van der Waals surface area contributed by atoms with Crippen molar-refractivity contribution in [2.24, 2.45) is 5.73 Å². The van der Waals surface area contributed by atoms with Crippen molar-refractivity contribution in [1.82, 2.24) is 0 Å². The zero-order valence-electron chi connectivity index (χ0n) is 16.5. The van der Waals surface area contributed by atoms with Crippen LogP contribution in [0.1, 0.15) is 28.3 Å². The third kappa shape index (κ3) is 4.87. The van der Waals surface area contributed by atoms with E-state index >= 15 is 0 Å². The minimum absolute atomic E-state index is 0.248. The Bertz CT molecular complexity index is 1010. The summed E-state index contributed by atoms with van der Waals surface area (Å²) >= 11 is 0. The summed E-state index contributed by atoms with van der Waals surface area (Å²) in [7, 11) is 0. The summed E-state index contributed by atoms with van der Waals surface area (Å²) in [5, 5.41) is 0. The predicted octanol–water partition coefficient (Wildman–Crippen LogP) is 4.86. The summed E-state index contributed by atoms with van der Waals surface area (Å²) in [5.74, 6) is -2.03. The normalized spacial score (nSPS) is 11.9. The van der Waals surface area contributed by atoms with Crippen LogP contribution in [0.4, 0.5) is 14.5 Å². The Labute approximate surface area is 169 Å². The second-order valence-electron chi connectivity index (χ2n) is 7.15. The quantitative estimate of drug-likeness (QED) is 0.649. The molecule has 0 aliphatic heterocycles. The van der Waals surface area contributed by atoms with Crippen molar-refractivity contribution >= 4 is 11.6 Å². The van der Waals surface area contributed by atoms with Gasteiger partial charge in [0, 0.05) is 12.2 Å². The van der Waals surface area contributed by atoms with Gasteiger partial charge in [0.15, 0.2) is 11.6 Å². The predicted molar refractivity (Wildman–Crippen MR) is 112 cm³/mol. The van der Waals surface area contributed by atoms with Crippen LogP contribution in [-0.2, 0) is 11.2 Å². The van der Waals surface area contributed by atoms with E-state index < -0.39 is 17.7 Å². The molecule has 1 amide bonds. The van der Waals surface area contributed by atoms with Gasteiger partial charge in [-0.25, -0.2) is 8.78 Å². The van der Waals surface area contributed by atoms with E-state index in [9.17, 15) is 13.6 Å². The highest BCUT2D eigenvalue weighted by atomic mass is 19.2. The van der Waals surface area contributed by atoms with Crippen molar-refractivity contribution in [1.29, 1.82) is 0 Å². The molecule has 5 heteroatoms. The van der Waals surface area contributed by atoms with E-state index in [1.165, 1.54) is 6.07 Å². The molecule has 0 aliphatic carbocycles. The highest BCUT2D eigenvalue weighted by Gasteiger charge is 2.24. The Kier molecular flexibility index (Phi) is 6.39. The SMILES string of the molecule is Cc1ccc(N(CCc2ccc(F)c(F)c2)C(=O)C(N)c2ccccc2)cc1C. The van der Waals surface area contributed by atoms with Crippen LogP contribution in [0.5, 0.6) is 0 Å². The zero-order valence-corrected chi connectivity index (χ0v) is 16.5. The number of nitrogens with two attached hydrogens (primary N) is 1. The van der Waals surface area contributed by atoms with Crippen LogP contribution in [0, 0.1) is 25.5 Å². The Hall–Kier alpha value is -3.05. The summed E-state index contributed by atoms with van der Waals surface area (Å²) in [5.41, 5.74) is 10.5. The van der Waals surface area contributed by atoms with E-state index in [2.05, 4.69) is 0 Å². The average Bonchev–Trinajstić information content (AvgIpc) is 2.73. The number of aryl methyl sites for hydroxylation is 2. The van der Waals surface area contributed by atoms with Crippen molar-refractivity contribution < 1.29 is 13.6 Å². The first-order valence-corrected chi connectivity index (χ1v) is 9.50. The topological polar surface area (TPSA) is 46.3 Å². The number of carbonyl (C=O) groups excluding carboxylic acids is 1. The van der Waals surface area contributed by atoms with E-state index in [1.807, 2.05) is 62.4 Å². The molecule has 0 aliphatic rings. The fraction of sp³-hybridized carbons (Fsp3) is 0.208. The molecule has 3 rings (SSSR count).